The van der Waals surface area contributed by atoms with Crippen LogP contribution in [0.5, 0.6) is 5.75 Å². The number of aromatic amines is 1. The summed E-state index contributed by atoms with van der Waals surface area (Å²) in [5.74, 6) is -0.143. The van der Waals surface area contributed by atoms with Crippen LogP contribution < -0.4 is 15.8 Å². The number of anilines is 1. The molecule has 0 saturated carbocycles. The Bertz CT molecular complexity index is 932. The number of hydrogen-bond acceptors (Lipinski definition) is 4. The maximum absolute atomic E-state index is 12.4. The lowest BCUT2D eigenvalue weighted by molar-refractivity contribution is 0.0995. The van der Waals surface area contributed by atoms with Crippen molar-refractivity contribution in [2.75, 3.05) is 11.9 Å². The van der Waals surface area contributed by atoms with E-state index in [4.69, 9.17) is 10.5 Å². The highest BCUT2D eigenvalue weighted by molar-refractivity contribution is 6.04. The third-order valence-corrected chi connectivity index (χ3v) is 3.69. The number of nitrogens with two attached hydrogens (primary N) is 1. The van der Waals surface area contributed by atoms with Gasteiger partial charge in [-0.3, -0.25) is 14.7 Å². The monoisotopic (exact) mass is 350 g/mol. The Hall–Kier alpha value is -3.61. The van der Waals surface area contributed by atoms with Crippen LogP contribution in [-0.4, -0.2) is 28.6 Å². The van der Waals surface area contributed by atoms with Gasteiger partial charge in [0.2, 0.25) is 5.91 Å². The van der Waals surface area contributed by atoms with E-state index in [2.05, 4.69) is 15.5 Å². The predicted octanol–water partition coefficient (Wildman–Crippen LogP) is 2.83. The molecule has 0 bridgehead atoms. The van der Waals surface area contributed by atoms with Gasteiger partial charge in [0.25, 0.3) is 5.91 Å². The zero-order chi connectivity index (χ0) is 18.5. The number of ether oxygens (including phenoxy) is 1. The van der Waals surface area contributed by atoms with Gasteiger partial charge >= 0.3 is 0 Å². The van der Waals surface area contributed by atoms with Crippen LogP contribution in [0.2, 0.25) is 0 Å². The summed E-state index contributed by atoms with van der Waals surface area (Å²) >= 11 is 0. The van der Waals surface area contributed by atoms with E-state index in [1.807, 2.05) is 31.2 Å². The van der Waals surface area contributed by atoms with E-state index >= 15 is 0 Å². The van der Waals surface area contributed by atoms with Crippen molar-refractivity contribution in [1.29, 1.82) is 0 Å². The topological polar surface area (TPSA) is 110 Å². The van der Waals surface area contributed by atoms with E-state index in [0.29, 0.717) is 29.2 Å². The second-order valence-corrected chi connectivity index (χ2v) is 5.52. The van der Waals surface area contributed by atoms with E-state index in [-0.39, 0.29) is 5.91 Å². The largest absolute Gasteiger partial charge is 0.494 e. The number of aromatic nitrogens is 2. The molecule has 3 rings (SSSR count). The number of carbonyl (C=O) groups is 2. The van der Waals surface area contributed by atoms with Crippen LogP contribution in [0, 0.1) is 0 Å². The summed E-state index contributed by atoms with van der Waals surface area (Å²) in [4.78, 5) is 23.6. The van der Waals surface area contributed by atoms with E-state index < -0.39 is 5.91 Å². The Morgan fingerprint density at radius 1 is 1.15 bits per heavy atom. The highest BCUT2D eigenvalue weighted by Gasteiger charge is 2.12. The Kier molecular flexibility index (Phi) is 4.98. The minimum absolute atomic E-state index is 0.304. The molecular weight excluding hydrogens is 332 g/mol. The fourth-order valence-corrected chi connectivity index (χ4v) is 2.42. The first-order chi connectivity index (χ1) is 12.6. The minimum atomic E-state index is -0.555. The predicted molar refractivity (Wildman–Crippen MR) is 98.1 cm³/mol. The quantitative estimate of drug-likeness (QED) is 0.635. The number of benzene rings is 2. The van der Waals surface area contributed by atoms with Crippen LogP contribution in [0.25, 0.3) is 11.3 Å². The zero-order valence-electron chi connectivity index (χ0n) is 14.2. The molecule has 0 aliphatic heterocycles. The molecule has 7 heteroatoms. The summed E-state index contributed by atoms with van der Waals surface area (Å²) in [6.07, 6.45) is 0. The van der Waals surface area contributed by atoms with Crippen LogP contribution in [0.15, 0.2) is 54.6 Å². The number of nitrogens with one attached hydrogen (secondary N) is 2. The van der Waals surface area contributed by atoms with Gasteiger partial charge in [0.05, 0.1) is 12.3 Å². The van der Waals surface area contributed by atoms with Gasteiger partial charge in [-0.25, -0.2) is 0 Å². The summed E-state index contributed by atoms with van der Waals surface area (Å²) in [7, 11) is 0. The van der Waals surface area contributed by atoms with Crippen molar-refractivity contribution in [2.24, 2.45) is 5.73 Å². The lowest BCUT2D eigenvalue weighted by Crippen LogP contribution is -2.14. The molecule has 4 N–H and O–H groups in total. The molecule has 0 aliphatic rings. The number of H-pyrrole nitrogens is 1. The zero-order valence-corrected chi connectivity index (χ0v) is 14.2. The van der Waals surface area contributed by atoms with Crippen LogP contribution >= 0.6 is 0 Å². The Balaban J connectivity index is 1.73. The van der Waals surface area contributed by atoms with Crippen LogP contribution in [0.3, 0.4) is 0 Å². The van der Waals surface area contributed by atoms with Crippen molar-refractivity contribution in [3.63, 3.8) is 0 Å². The molecule has 26 heavy (non-hydrogen) atoms. The number of hydrogen-bond donors (Lipinski definition) is 3. The van der Waals surface area contributed by atoms with Gasteiger partial charge < -0.3 is 15.8 Å². The number of amides is 2. The average molecular weight is 350 g/mol. The lowest BCUT2D eigenvalue weighted by atomic mass is 10.1. The molecule has 0 spiro atoms. The second-order valence-electron chi connectivity index (χ2n) is 5.52. The summed E-state index contributed by atoms with van der Waals surface area (Å²) in [5.41, 5.74) is 7.85. The van der Waals surface area contributed by atoms with Gasteiger partial charge in [-0.15, -0.1) is 0 Å². The van der Waals surface area contributed by atoms with Crippen molar-refractivity contribution in [2.45, 2.75) is 6.92 Å². The molecular formula is C19H18N4O3. The fourth-order valence-electron chi connectivity index (χ4n) is 2.42. The molecule has 1 aromatic heterocycles. The summed E-state index contributed by atoms with van der Waals surface area (Å²) in [6, 6.07) is 15.5. The maximum Gasteiger partial charge on any atom is 0.273 e. The van der Waals surface area contributed by atoms with E-state index in [1.165, 1.54) is 6.07 Å². The molecule has 2 amide bonds. The first-order valence-corrected chi connectivity index (χ1v) is 8.06. The molecule has 132 valence electrons. The number of rotatable bonds is 6. The van der Waals surface area contributed by atoms with Crippen LogP contribution in [0.1, 0.15) is 27.8 Å². The lowest BCUT2D eigenvalue weighted by Gasteiger charge is -2.04. The fraction of sp³-hybridized carbons (Fsp3) is 0.105. The summed E-state index contributed by atoms with van der Waals surface area (Å²) < 4.78 is 5.41. The van der Waals surface area contributed by atoms with Gasteiger partial charge in [-0.05, 0) is 55.5 Å². The molecule has 0 unspecified atom stereocenters. The van der Waals surface area contributed by atoms with Crippen molar-refractivity contribution in [1.82, 2.24) is 10.2 Å². The summed E-state index contributed by atoms with van der Waals surface area (Å²) in [6.45, 7) is 2.52. The van der Waals surface area contributed by atoms with E-state index in [9.17, 15) is 9.59 Å². The van der Waals surface area contributed by atoms with Gasteiger partial charge in [-0.1, -0.05) is 6.07 Å². The summed E-state index contributed by atoms with van der Waals surface area (Å²) in [5, 5.41) is 9.59. The standard InChI is InChI=1S/C19H18N4O3/c1-2-26-15-8-6-12(7-9-15)16-11-17(23-22-16)19(25)21-14-5-3-4-13(10-14)18(20)24/h3-11H,2H2,1H3,(H2,20,24)(H,21,25)(H,22,23). The highest BCUT2D eigenvalue weighted by atomic mass is 16.5. The van der Waals surface area contributed by atoms with Crippen molar-refractivity contribution < 1.29 is 14.3 Å². The smallest absolute Gasteiger partial charge is 0.273 e. The molecule has 0 fully saturated rings. The molecule has 0 atom stereocenters. The van der Waals surface area contributed by atoms with Gasteiger partial charge in [0.15, 0.2) is 0 Å². The normalized spacial score (nSPS) is 10.3. The molecule has 7 nitrogen and oxygen atoms in total. The average Bonchev–Trinajstić information content (AvgIpc) is 3.13. The van der Waals surface area contributed by atoms with Crippen molar-refractivity contribution in [3.8, 4) is 17.0 Å². The van der Waals surface area contributed by atoms with Crippen molar-refractivity contribution >= 4 is 17.5 Å². The number of nitrogens with zero attached hydrogens (tertiary/aromatic N) is 1. The molecule has 0 saturated heterocycles. The van der Waals surface area contributed by atoms with E-state index in [1.54, 1.807) is 24.3 Å². The number of primary amides is 1. The Morgan fingerprint density at radius 2 is 1.92 bits per heavy atom. The first kappa shape index (κ1) is 17.2. The van der Waals surface area contributed by atoms with Gasteiger partial charge in [-0.2, -0.15) is 5.10 Å². The Morgan fingerprint density at radius 3 is 2.62 bits per heavy atom. The Labute approximate surface area is 150 Å². The molecule has 0 aliphatic carbocycles. The third kappa shape index (κ3) is 3.89. The van der Waals surface area contributed by atoms with E-state index in [0.717, 1.165) is 11.3 Å². The SMILES string of the molecule is CCOc1ccc(-c2cc(C(=O)Nc3cccc(C(N)=O)c3)[nH]n2)cc1. The first-order valence-electron chi connectivity index (χ1n) is 8.06. The van der Waals surface area contributed by atoms with Gasteiger partial charge in [0, 0.05) is 16.8 Å². The van der Waals surface area contributed by atoms with Crippen LogP contribution in [-0.2, 0) is 0 Å². The third-order valence-electron chi connectivity index (χ3n) is 3.69. The molecule has 0 radical (unpaired) electrons. The molecule has 1 heterocycles. The maximum atomic E-state index is 12.4. The van der Waals surface area contributed by atoms with Crippen LogP contribution in [0.4, 0.5) is 5.69 Å². The van der Waals surface area contributed by atoms with Crippen molar-refractivity contribution in [3.05, 3.63) is 65.9 Å². The molecule has 3 aromatic rings. The highest BCUT2D eigenvalue weighted by Crippen LogP contribution is 2.22. The minimum Gasteiger partial charge on any atom is -0.494 e. The molecule has 2 aromatic carbocycles. The number of carbonyl (C=O) groups excluding carboxylic acids is 2. The second kappa shape index (κ2) is 7.52. The van der Waals surface area contributed by atoms with Gasteiger partial charge in [0.1, 0.15) is 11.4 Å².